The molecule has 0 radical (unpaired) electrons. The lowest BCUT2D eigenvalue weighted by molar-refractivity contribution is -0.144. The molecular formula is C15H14BrNO2. The van der Waals surface area contributed by atoms with E-state index in [2.05, 4.69) is 15.9 Å². The molecule has 0 aliphatic rings. The average Bonchev–Trinajstić information content (AvgIpc) is 2.38. The van der Waals surface area contributed by atoms with E-state index in [0.29, 0.717) is 5.69 Å². The van der Waals surface area contributed by atoms with Crippen LogP contribution in [-0.4, -0.2) is 5.97 Å². The molecule has 0 bridgehead atoms. The lowest BCUT2D eigenvalue weighted by Gasteiger charge is -2.05. The van der Waals surface area contributed by atoms with Gasteiger partial charge in [-0.25, -0.2) is 0 Å². The summed E-state index contributed by atoms with van der Waals surface area (Å²) in [5, 5.41) is 0. The molecule has 4 heteroatoms. The summed E-state index contributed by atoms with van der Waals surface area (Å²) in [4.78, 5) is 11.7. The number of anilines is 1. The highest BCUT2D eigenvalue weighted by atomic mass is 79.9. The summed E-state index contributed by atoms with van der Waals surface area (Å²) in [7, 11) is 0. The Labute approximate surface area is 120 Å². The van der Waals surface area contributed by atoms with Gasteiger partial charge in [-0.05, 0) is 35.4 Å². The highest BCUT2D eigenvalue weighted by Crippen LogP contribution is 2.12. The van der Waals surface area contributed by atoms with Crippen molar-refractivity contribution in [1.82, 2.24) is 0 Å². The highest BCUT2D eigenvalue weighted by molar-refractivity contribution is 9.10. The number of esters is 1. The molecule has 0 fully saturated rings. The zero-order valence-corrected chi connectivity index (χ0v) is 11.9. The molecule has 2 aromatic rings. The number of carbonyl (C=O) groups is 1. The van der Waals surface area contributed by atoms with Gasteiger partial charge in [-0.2, -0.15) is 0 Å². The van der Waals surface area contributed by atoms with Gasteiger partial charge in [0.05, 0.1) is 6.42 Å². The zero-order valence-electron chi connectivity index (χ0n) is 10.3. The maximum Gasteiger partial charge on any atom is 0.310 e. The van der Waals surface area contributed by atoms with E-state index in [0.717, 1.165) is 15.6 Å². The number of nitrogen functional groups attached to an aromatic ring is 1. The second kappa shape index (κ2) is 6.38. The normalized spacial score (nSPS) is 10.2. The van der Waals surface area contributed by atoms with Crippen LogP contribution in [0.4, 0.5) is 5.69 Å². The fourth-order valence-electron chi connectivity index (χ4n) is 1.67. The van der Waals surface area contributed by atoms with Crippen LogP contribution in [0.1, 0.15) is 11.1 Å². The summed E-state index contributed by atoms with van der Waals surface area (Å²) >= 11 is 3.36. The standard InChI is InChI=1S/C15H14BrNO2/c16-13-6-4-11(5-7-13)10-19-15(18)9-12-2-1-3-14(17)8-12/h1-8H,9-10,17H2. The molecule has 0 heterocycles. The van der Waals surface area contributed by atoms with Gasteiger partial charge in [-0.3, -0.25) is 4.79 Å². The fourth-order valence-corrected chi connectivity index (χ4v) is 1.93. The smallest absolute Gasteiger partial charge is 0.310 e. The number of hydrogen-bond donors (Lipinski definition) is 1. The molecule has 2 N–H and O–H groups in total. The van der Waals surface area contributed by atoms with Crippen molar-refractivity contribution in [3.8, 4) is 0 Å². The minimum Gasteiger partial charge on any atom is -0.461 e. The largest absolute Gasteiger partial charge is 0.461 e. The van der Waals surface area contributed by atoms with Crippen molar-refractivity contribution in [2.75, 3.05) is 5.73 Å². The van der Waals surface area contributed by atoms with E-state index in [1.54, 1.807) is 12.1 Å². The molecular weight excluding hydrogens is 306 g/mol. The Balaban J connectivity index is 1.86. The molecule has 98 valence electrons. The number of halogens is 1. The number of hydrogen-bond acceptors (Lipinski definition) is 3. The first kappa shape index (κ1) is 13.6. The van der Waals surface area contributed by atoms with Gasteiger partial charge < -0.3 is 10.5 Å². The molecule has 2 aromatic carbocycles. The Morgan fingerprint density at radius 1 is 1.11 bits per heavy atom. The Morgan fingerprint density at radius 3 is 2.53 bits per heavy atom. The molecule has 0 saturated heterocycles. The van der Waals surface area contributed by atoms with Gasteiger partial charge in [-0.15, -0.1) is 0 Å². The van der Waals surface area contributed by atoms with Crippen molar-refractivity contribution in [2.45, 2.75) is 13.0 Å². The van der Waals surface area contributed by atoms with E-state index in [4.69, 9.17) is 10.5 Å². The predicted octanol–water partition coefficient (Wildman–Crippen LogP) is 3.32. The van der Waals surface area contributed by atoms with Crippen molar-refractivity contribution < 1.29 is 9.53 Å². The van der Waals surface area contributed by atoms with Crippen LogP contribution < -0.4 is 5.73 Å². The lowest BCUT2D eigenvalue weighted by Crippen LogP contribution is -2.08. The van der Waals surface area contributed by atoms with Gasteiger partial charge >= 0.3 is 5.97 Å². The molecule has 0 amide bonds. The van der Waals surface area contributed by atoms with Crippen molar-refractivity contribution in [1.29, 1.82) is 0 Å². The summed E-state index contributed by atoms with van der Waals surface area (Å²) in [6, 6.07) is 14.9. The van der Waals surface area contributed by atoms with E-state index in [1.165, 1.54) is 0 Å². The number of nitrogens with two attached hydrogens (primary N) is 1. The third-order valence-corrected chi connectivity index (χ3v) is 3.14. The predicted molar refractivity (Wildman–Crippen MR) is 78.5 cm³/mol. The monoisotopic (exact) mass is 319 g/mol. The fraction of sp³-hybridized carbons (Fsp3) is 0.133. The molecule has 19 heavy (non-hydrogen) atoms. The summed E-state index contributed by atoms with van der Waals surface area (Å²) < 4.78 is 6.22. The number of benzene rings is 2. The van der Waals surface area contributed by atoms with Gasteiger partial charge in [0, 0.05) is 10.2 Å². The minimum absolute atomic E-state index is 0.238. The number of carbonyl (C=O) groups excluding carboxylic acids is 1. The second-order valence-corrected chi connectivity index (χ2v) is 5.12. The number of rotatable bonds is 4. The van der Waals surface area contributed by atoms with Gasteiger partial charge in [-0.1, -0.05) is 40.2 Å². The lowest BCUT2D eigenvalue weighted by atomic mass is 10.1. The van der Waals surface area contributed by atoms with Crippen LogP contribution in [0.2, 0.25) is 0 Å². The second-order valence-electron chi connectivity index (χ2n) is 4.21. The summed E-state index contributed by atoms with van der Waals surface area (Å²) in [6.07, 6.45) is 0.238. The Morgan fingerprint density at radius 2 is 1.84 bits per heavy atom. The van der Waals surface area contributed by atoms with E-state index in [1.807, 2.05) is 36.4 Å². The molecule has 0 aliphatic heterocycles. The van der Waals surface area contributed by atoms with Gasteiger partial charge in [0.15, 0.2) is 0 Å². The van der Waals surface area contributed by atoms with E-state index in [-0.39, 0.29) is 19.0 Å². The molecule has 2 rings (SSSR count). The Hall–Kier alpha value is -1.81. The third-order valence-electron chi connectivity index (χ3n) is 2.61. The van der Waals surface area contributed by atoms with Crippen LogP contribution in [-0.2, 0) is 22.6 Å². The number of ether oxygens (including phenoxy) is 1. The summed E-state index contributed by atoms with van der Waals surface area (Å²) in [5.74, 6) is -0.256. The van der Waals surface area contributed by atoms with Crippen molar-refractivity contribution in [3.05, 3.63) is 64.1 Å². The zero-order chi connectivity index (χ0) is 13.7. The maximum atomic E-state index is 11.7. The first-order valence-electron chi connectivity index (χ1n) is 5.88. The van der Waals surface area contributed by atoms with Crippen molar-refractivity contribution in [3.63, 3.8) is 0 Å². The highest BCUT2D eigenvalue weighted by Gasteiger charge is 2.05. The van der Waals surface area contributed by atoms with Crippen LogP contribution >= 0.6 is 15.9 Å². The van der Waals surface area contributed by atoms with Crippen molar-refractivity contribution in [2.24, 2.45) is 0 Å². The van der Waals surface area contributed by atoms with Gasteiger partial charge in [0.2, 0.25) is 0 Å². The van der Waals surface area contributed by atoms with Crippen LogP contribution in [0, 0.1) is 0 Å². The van der Waals surface area contributed by atoms with Crippen LogP contribution in [0.25, 0.3) is 0 Å². The Kier molecular flexibility index (Phi) is 4.58. The molecule has 0 aliphatic carbocycles. The van der Waals surface area contributed by atoms with Gasteiger partial charge in [0.1, 0.15) is 6.61 Å². The molecule has 0 saturated carbocycles. The van der Waals surface area contributed by atoms with E-state index in [9.17, 15) is 4.79 Å². The van der Waals surface area contributed by atoms with E-state index < -0.39 is 0 Å². The van der Waals surface area contributed by atoms with Crippen LogP contribution in [0.3, 0.4) is 0 Å². The topological polar surface area (TPSA) is 52.3 Å². The molecule has 0 aromatic heterocycles. The first-order chi connectivity index (χ1) is 9.13. The quantitative estimate of drug-likeness (QED) is 0.694. The molecule has 0 atom stereocenters. The molecule has 0 unspecified atom stereocenters. The van der Waals surface area contributed by atoms with Gasteiger partial charge in [0.25, 0.3) is 0 Å². The summed E-state index contributed by atoms with van der Waals surface area (Å²) in [5.41, 5.74) is 8.13. The third kappa shape index (κ3) is 4.41. The van der Waals surface area contributed by atoms with E-state index >= 15 is 0 Å². The molecule has 3 nitrogen and oxygen atoms in total. The van der Waals surface area contributed by atoms with Crippen molar-refractivity contribution >= 4 is 27.6 Å². The molecule has 0 spiro atoms. The van der Waals surface area contributed by atoms with Crippen LogP contribution in [0.15, 0.2) is 53.0 Å². The maximum absolute atomic E-state index is 11.7. The first-order valence-corrected chi connectivity index (χ1v) is 6.67. The minimum atomic E-state index is -0.256. The SMILES string of the molecule is Nc1cccc(CC(=O)OCc2ccc(Br)cc2)c1. The van der Waals surface area contributed by atoms with Crippen LogP contribution in [0.5, 0.6) is 0 Å². The summed E-state index contributed by atoms with van der Waals surface area (Å²) in [6.45, 7) is 0.286. The average molecular weight is 320 g/mol. The Bertz CT molecular complexity index is 567.